The van der Waals surface area contributed by atoms with Gasteiger partial charge in [0.05, 0.1) is 11.7 Å². The van der Waals surface area contributed by atoms with Crippen molar-refractivity contribution in [1.29, 1.82) is 0 Å². The molecule has 1 fully saturated rings. The fourth-order valence-electron chi connectivity index (χ4n) is 2.44. The summed E-state index contributed by atoms with van der Waals surface area (Å²) in [7, 11) is 0. The van der Waals surface area contributed by atoms with E-state index in [0.29, 0.717) is 31.5 Å². The molecule has 1 aromatic rings. The Bertz CT molecular complexity index is 422. The van der Waals surface area contributed by atoms with Gasteiger partial charge < -0.3 is 15.1 Å². The third-order valence-electron chi connectivity index (χ3n) is 3.63. The summed E-state index contributed by atoms with van der Waals surface area (Å²) < 4.78 is 13.8. The molecule has 1 aliphatic heterocycles. The van der Waals surface area contributed by atoms with Crippen LogP contribution in [0.4, 0.5) is 10.1 Å². The summed E-state index contributed by atoms with van der Waals surface area (Å²) in [6.07, 6.45) is 0.481. The maximum absolute atomic E-state index is 13.8. The van der Waals surface area contributed by atoms with Gasteiger partial charge in [0, 0.05) is 24.3 Å². The van der Waals surface area contributed by atoms with Crippen LogP contribution >= 0.6 is 0 Å². The molecule has 0 radical (unpaired) electrons. The molecule has 1 aliphatic rings. The molecule has 0 amide bonds. The number of benzene rings is 1. The van der Waals surface area contributed by atoms with E-state index in [1.54, 1.807) is 13.0 Å². The lowest BCUT2D eigenvalue weighted by atomic mass is 9.93. The maximum atomic E-state index is 13.8. The van der Waals surface area contributed by atoms with Crippen molar-refractivity contribution in [3.8, 4) is 0 Å². The first-order chi connectivity index (χ1) is 8.41. The van der Waals surface area contributed by atoms with Gasteiger partial charge in [0.15, 0.2) is 0 Å². The van der Waals surface area contributed by atoms with Gasteiger partial charge >= 0.3 is 0 Å². The Morgan fingerprint density at radius 2 is 1.94 bits per heavy atom. The number of piperidine rings is 1. The SMILES string of the molecule is C[C@@H](O)c1c(F)cccc1N1CCC(C)(O)CC1. The molecule has 0 aromatic heterocycles. The fraction of sp³-hybridized carbons (Fsp3) is 0.571. The predicted molar refractivity (Wildman–Crippen MR) is 69.1 cm³/mol. The lowest BCUT2D eigenvalue weighted by Crippen LogP contribution is -2.42. The van der Waals surface area contributed by atoms with Crippen LogP contribution in [0.1, 0.15) is 38.4 Å². The van der Waals surface area contributed by atoms with Gasteiger partial charge in [-0.1, -0.05) is 6.07 Å². The van der Waals surface area contributed by atoms with Crippen LogP contribution in [0.5, 0.6) is 0 Å². The van der Waals surface area contributed by atoms with Gasteiger partial charge in [-0.3, -0.25) is 0 Å². The number of nitrogens with zero attached hydrogens (tertiary/aromatic N) is 1. The first kappa shape index (κ1) is 13.3. The summed E-state index contributed by atoms with van der Waals surface area (Å²) in [4.78, 5) is 2.03. The Balaban J connectivity index is 2.27. The van der Waals surface area contributed by atoms with Crippen molar-refractivity contribution in [2.75, 3.05) is 18.0 Å². The van der Waals surface area contributed by atoms with Crippen LogP contribution in [0.2, 0.25) is 0 Å². The minimum atomic E-state index is -0.830. The highest BCUT2D eigenvalue weighted by Gasteiger charge is 2.29. The van der Waals surface area contributed by atoms with Crippen LogP contribution in [0, 0.1) is 5.82 Å². The van der Waals surface area contributed by atoms with E-state index >= 15 is 0 Å². The second kappa shape index (κ2) is 4.86. The van der Waals surface area contributed by atoms with E-state index in [1.807, 2.05) is 17.9 Å². The lowest BCUT2D eigenvalue weighted by Gasteiger charge is -2.38. The number of anilines is 1. The Kier molecular flexibility index (Phi) is 3.59. The maximum Gasteiger partial charge on any atom is 0.131 e. The molecular weight excluding hydrogens is 233 g/mol. The third kappa shape index (κ3) is 2.65. The van der Waals surface area contributed by atoms with Gasteiger partial charge in [0.25, 0.3) is 0 Å². The average molecular weight is 253 g/mol. The number of halogens is 1. The Labute approximate surface area is 107 Å². The summed E-state index contributed by atoms with van der Waals surface area (Å²) in [5.41, 5.74) is 0.453. The highest BCUT2D eigenvalue weighted by molar-refractivity contribution is 5.55. The number of aliphatic hydroxyl groups is 2. The van der Waals surface area contributed by atoms with Gasteiger partial charge in [0.1, 0.15) is 5.82 Å². The minimum Gasteiger partial charge on any atom is -0.390 e. The van der Waals surface area contributed by atoms with Crippen LogP contribution in [0.25, 0.3) is 0 Å². The molecule has 100 valence electrons. The first-order valence-corrected chi connectivity index (χ1v) is 6.34. The molecule has 1 atom stereocenters. The van der Waals surface area contributed by atoms with Crippen LogP contribution < -0.4 is 4.90 Å². The van der Waals surface area contributed by atoms with Crippen LogP contribution in [-0.4, -0.2) is 28.9 Å². The fourth-order valence-corrected chi connectivity index (χ4v) is 2.44. The summed E-state index contributed by atoms with van der Waals surface area (Å²) in [6, 6.07) is 4.85. The van der Waals surface area contributed by atoms with Gasteiger partial charge in [-0.15, -0.1) is 0 Å². The molecule has 0 aliphatic carbocycles. The molecule has 0 saturated carbocycles. The molecule has 2 N–H and O–H groups in total. The van der Waals surface area contributed by atoms with Crippen molar-refractivity contribution in [2.24, 2.45) is 0 Å². The van der Waals surface area contributed by atoms with Crippen molar-refractivity contribution in [2.45, 2.75) is 38.4 Å². The Morgan fingerprint density at radius 3 is 2.50 bits per heavy atom. The molecule has 4 heteroatoms. The molecule has 18 heavy (non-hydrogen) atoms. The zero-order valence-electron chi connectivity index (χ0n) is 10.9. The average Bonchev–Trinajstić information content (AvgIpc) is 2.28. The minimum absolute atomic E-state index is 0.346. The zero-order valence-corrected chi connectivity index (χ0v) is 10.9. The molecule has 2 rings (SSSR count). The van der Waals surface area contributed by atoms with Crippen molar-refractivity contribution in [3.05, 3.63) is 29.6 Å². The van der Waals surface area contributed by atoms with Crippen molar-refractivity contribution in [3.63, 3.8) is 0 Å². The summed E-state index contributed by atoms with van der Waals surface area (Å²) in [6.45, 7) is 4.75. The Morgan fingerprint density at radius 1 is 1.33 bits per heavy atom. The molecule has 0 spiro atoms. The third-order valence-corrected chi connectivity index (χ3v) is 3.63. The zero-order chi connectivity index (χ0) is 13.3. The van der Waals surface area contributed by atoms with E-state index in [0.717, 1.165) is 5.69 Å². The second-order valence-electron chi connectivity index (χ2n) is 5.33. The highest BCUT2D eigenvalue weighted by Crippen LogP contribution is 2.32. The number of aliphatic hydroxyl groups excluding tert-OH is 1. The topological polar surface area (TPSA) is 43.7 Å². The van der Waals surface area contributed by atoms with Gasteiger partial charge in [-0.25, -0.2) is 4.39 Å². The van der Waals surface area contributed by atoms with E-state index < -0.39 is 11.7 Å². The van der Waals surface area contributed by atoms with Crippen molar-refractivity contribution >= 4 is 5.69 Å². The van der Waals surface area contributed by atoms with E-state index in [-0.39, 0.29) is 5.82 Å². The Hall–Kier alpha value is -1.13. The molecule has 3 nitrogen and oxygen atoms in total. The van der Waals surface area contributed by atoms with Crippen LogP contribution in [0.15, 0.2) is 18.2 Å². The number of hydrogen-bond donors (Lipinski definition) is 2. The summed E-state index contributed by atoms with van der Waals surface area (Å²) in [5.74, 6) is -0.375. The van der Waals surface area contributed by atoms with E-state index in [4.69, 9.17) is 0 Å². The van der Waals surface area contributed by atoms with E-state index in [1.165, 1.54) is 6.07 Å². The molecule has 0 unspecified atom stereocenters. The molecule has 1 heterocycles. The standard InChI is InChI=1S/C14H20FNO2/c1-10(17)13-11(15)4-3-5-12(13)16-8-6-14(2,18)7-9-16/h3-5,10,17-18H,6-9H2,1-2H3/t10-/m1/s1. The smallest absolute Gasteiger partial charge is 0.131 e. The molecule has 0 bridgehead atoms. The van der Waals surface area contributed by atoms with Crippen LogP contribution in [-0.2, 0) is 0 Å². The molecule has 1 saturated heterocycles. The lowest BCUT2D eigenvalue weighted by molar-refractivity contribution is 0.0350. The normalized spacial score (nSPS) is 20.8. The van der Waals surface area contributed by atoms with Crippen molar-refractivity contribution < 1.29 is 14.6 Å². The molecule has 1 aromatic carbocycles. The molecular formula is C14H20FNO2. The predicted octanol–water partition coefficient (Wildman–Crippen LogP) is 2.23. The van der Waals surface area contributed by atoms with Crippen molar-refractivity contribution in [1.82, 2.24) is 0 Å². The number of rotatable bonds is 2. The van der Waals surface area contributed by atoms with Crippen LogP contribution in [0.3, 0.4) is 0 Å². The van der Waals surface area contributed by atoms with Gasteiger partial charge in [0.2, 0.25) is 0 Å². The quantitative estimate of drug-likeness (QED) is 0.849. The number of hydrogen-bond acceptors (Lipinski definition) is 3. The summed E-state index contributed by atoms with van der Waals surface area (Å²) in [5, 5.41) is 19.6. The summed E-state index contributed by atoms with van der Waals surface area (Å²) >= 11 is 0. The van der Waals surface area contributed by atoms with Gasteiger partial charge in [-0.2, -0.15) is 0 Å². The monoisotopic (exact) mass is 253 g/mol. The van der Waals surface area contributed by atoms with E-state index in [2.05, 4.69) is 0 Å². The highest BCUT2D eigenvalue weighted by atomic mass is 19.1. The second-order valence-corrected chi connectivity index (χ2v) is 5.33. The van der Waals surface area contributed by atoms with Gasteiger partial charge in [-0.05, 0) is 38.8 Å². The largest absolute Gasteiger partial charge is 0.390 e. The first-order valence-electron chi connectivity index (χ1n) is 6.34. The van der Waals surface area contributed by atoms with E-state index in [9.17, 15) is 14.6 Å².